The summed E-state index contributed by atoms with van der Waals surface area (Å²) in [4.78, 5) is 11.8. The molecule has 68 valence electrons. The van der Waals surface area contributed by atoms with Crippen LogP contribution in [0.25, 0.3) is 0 Å². The van der Waals surface area contributed by atoms with Gasteiger partial charge in [0.2, 0.25) is 0 Å². The van der Waals surface area contributed by atoms with E-state index in [1.54, 1.807) is 4.90 Å². The van der Waals surface area contributed by atoms with Crippen molar-refractivity contribution < 1.29 is 5.03 Å². The van der Waals surface area contributed by atoms with Crippen LogP contribution in [0.5, 0.6) is 0 Å². The highest BCUT2D eigenvalue weighted by molar-refractivity contribution is 5.81. The monoisotopic (exact) mass is 173 g/mol. The highest BCUT2D eigenvalue weighted by atomic mass is 16.7. The van der Waals surface area contributed by atoms with Crippen LogP contribution in [0.15, 0.2) is 5.10 Å². The van der Waals surface area contributed by atoms with Crippen LogP contribution >= 0.6 is 0 Å². The maximum absolute atomic E-state index is 10.0. The molecular formula is C5H11N5O2. The van der Waals surface area contributed by atoms with Crippen molar-refractivity contribution in [2.24, 2.45) is 10.8 Å². The Balaban J connectivity index is 2.57. The van der Waals surface area contributed by atoms with Crippen molar-refractivity contribution in [3.8, 4) is 0 Å². The molecule has 0 bridgehead atoms. The molecule has 1 rings (SSSR count). The largest absolute Gasteiger partial charge is 0.349 e. The fourth-order valence-corrected chi connectivity index (χ4v) is 1.07. The van der Waals surface area contributed by atoms with E-state index in [0.29, 0.717) is 25.6 Å². The third-order valence-corrected chi connectivity index (χ3v) is 1.54. The van der Waals surface area contributed by atoms with Crippen molar-refractivity contribution in [2.45, 2.75) is 0 Å². The van der Waals surface area contributed by atoms with Gasteiger partial charge in [-0.15, -0.1) is 0 Å². The van der Waals surface area contributed by atoms with Gasteiger partial charge in [0, 0.05) is 26.2 Å². The number of nitrogens with zero attached hydrogens (tertiary/aromatic N) is 3. The van der Waals surface area contributed by atoms with E-state index in [4.69, 9.17) is 5.73 Å². The van der Waals surface area contributed by atoms with Crippen molar-refractivity contribution in [2.75, 3.05) is 26.2 Å². The first-order valence-corrected chi connectivity index (χ1v) is 3.66. The molecule has 1 aliphatic rings. The number of rotatable bonds is 3. The third kappa shape index (κ3) is 2.06. The van der Waals surface area contributed by atoms with E-state index in [0.717, 1.165) is 6.54 Å². The van der Waals surface area contributed by atoms with Crippen LogP contribution in [0.2, 0.25) is 0 Å². The number of hydrazone groups is 1. The molecule has 3 N–H and O–H groups in total. The number of nitrogens with one attached hydrogen (secondary N) is 1. The topological polar surface area (TPSA) is 96.8 Å². The second kappa shape index (κ2) is 3.86. The van der Waals surface area contributed by atoms with Gasteiger partial charge in [0.1, 0.15) is 5.10 Å². The van der Waals surface area contributed by atoms with E-state index in [2.05, 4.69) is 10.4 Å². The van der Waals surface area contributed by atoms with E-state index in [1.165, 1.54) is 0 Å². The maximum Gasteiger partial charge on any atom is 0.271 e. The van der Waals surface area contributed by atoms with E-state index >= 15 is 0 Å². The third-order valence-electron chi connectivity index (χ3n) is 1.54. The molecule has 1 fully saturated rings. The molecule has 0 aromatic carbocycles. The molecule has 12 heavy (non-hydrogen) atoms. The zero-order valence-electron chi connectivity index (χ0n) is 6.56. The lowest BCUT2D eigenvalue weighted by molar-refractivity contribution is -0.485. The molecule has 0 amide bonds. The molecule has 1 aliphatic heterocycles. The number of guanidine groups is 1. The first-order valence-electron chi connectivity index (χ1n) is 3.66. The molecule has 0 saturated carbocycles. The number of hydrogen-bond donors (Lipinski definition) is 2. The van der Waals surface area contributed by atoms with Gasteiger partial charge in [-0.25, -0.2) is 10.1 Å². The average Bonchev–Trinajstić information content (AvgIpc) is 2.37. The van der Waals surface area contributed by atoms with Crippen LogP contribution in [-0.4, -0.2) is 42.1 Å². The molecule has 1 heterocycles. The summed E-state index contributed by atoms with van der Waals surface area (Å²) >= 11 is 0. The molecule has 1 saturated heterocycles. The summed E-state index contributed by atoms with van der Waals surface area (Å²) in [7, 11) is 0. The molecule has 0 unspecified atom stereocenters. The van der Waals surface area contributed by atoms with Gasteiger partial charge in [-0.2, -0.15) is 0 Å². The Hall–Kier alpha value is -1.37. The lowest BCUT2D eigenvalue weighted by Crippen LogP contribution is -2.34. The normalized spacial score (nSPS) is 19.8. The predicted molar refractivity (Wildman–Crippen MR) is 43.1 cm³/mol. The van der Waals surface area contributed by atoms with Crippen molar-refractivity contribution >= 4 is 5.96 Å². The Labute approximate surface area is 69.4 Å². The summed E-state index contributed by atoms with van der Waals surface area (Å²) in [6, 6.07) is 0. The number of nitrogens with two attached hydrogens (primary N) is 1. The Morgan fingerprint density at radius 3 is 3.17 bits per heavy atom. The minimum Gasteiger partial charge on any atom is -0.349 e. The van der Waals surface area contributed by atoms with Crippen LogP contribution in [0, 0.1) is 10.1 Å². The van der Waals surface area contributed by atoms with Gasteiger partial charge in [0.15, 0.2) is 5.03 Å². The lowest BCUT2D eigenvalue weighted by atomic mass is 10.5. The second-order valence-corrected chi connectivity index (χ2v) is 2.36. The Morgan fingerprint density at radius 1 is 1.83 bits per heavy atom. The predicted octanol–water partition coefficient (Wildman–Crippen LogP) is -1.60. The van der Waals surface area contributed by atoms with Crippen molar-refractivity contribution in [3.05, 3.63) is 10.1 Å². The minimum absolute atomic E-state index is 0.311. The first kappa shape index (κ1) is 8.72. The summed E-state index contributed by atoms with van der Waals surface area (Å²) in [5, 5.41) is 15.3. The van der Waals surface area contributed by atoms with Gasteiger partial charge in [-0.05, 0) is 0 Å². The highest BCUT2D eigenvalue weighted by Gasteiger charge is 2.19. The second-order valence-electron chi connectivity index (χ2n) is 2.36. The summed E-state index contributed by atoms with van der Waals surface area (Å²) in [5.74, 6) is 0.311. The molecule has 0 atom stereocenters. The SMILES string of the molecule is NCCN1CCN/C1=N\[N+](=O)[O-]. The van der Waals surface area contributed by atoms with E-state index in [-0.39, 0.29) is 0 Å². The van der Waals surface area contributed by atoms with Crippen molar-refractivity contribution in [3.63, 3.8) is 0 Å². The molecule has 7 heteroatoms. The molecule has 0 aromatic rings. The summed E-state index contributed by atoms with van der Waals surface area (Å²) in [6.45, 7) is 2.48. The van der Waals surface area contributed by atoms with Crippen LogP contribution in [0.3, 0.4) is 0 Å². The van der Waals surface area contributed by atoms with Crippen LogP contribution in [0.4, 0.5) is 0 Å². The van der Waals surface area contributed by atoms with Crippen LogP contribution < -0.4 is 11.1 Å². The van der Waals surface area contributed by atoms with Gasteiger partial charge < -0.3 is 16.0 Å². The molecular weight excluding hydrogens is 162 g/mol. The standard InChI is InChI=1S/C5H11N5O2/c6-1-3-9-4-2-7-5(9)8-10(11)12/h1-4,6H2,(H,7,8). The van der Waals surface area contributed by atoms with Gasteiger partial charge in [-0.3, -0.25) is 0 Å². The molecule has 0 radical (unpaired) electrons. The number of nitro groups is 1. The zero-order chi connectivity index (χ0) is 8.97. The van der Waals surface area contributed by atoms with Gasteiger partial charge in [0.25, 0.3) is 5.96 Å². The fourth-order valence-electron chi connectivity index (χ4n) is 1.07. The maximum atomic E-state index is 10.0. The minimum atomic E-state index is -0.711. The van der Waals surface area contributed by atoms with E-state index in [9.17, 15) is 10.1 Å². The molecule has 7 nitrogen and oxygen atoms in total. The van der Waals surface area contributed by atoms with Gasteiger partial charge >= 0.3 is 0 Å². The summed E-state index contributed by atoms with van der Waals surface area (Å²) < 4.78 is 0. The van der Waals surface area contributed by atoms with Crippen LogP contribution in [0.1, 0.15) is 0 Å². The zero-order valence-corrected chi connectivity index (χ0v) is 6.56. The smallest absolute Gasteiger partial charge is 0.271 e. The quantitative estimate of drug-likeness (QED) is 0.395. The molecule has 0 aliphatic carbocycles. The Kier molecular flexibility index (Phi) is 2.81. The van der Waals surface area contributed by atoms with Crippen molar-refractivity contribution in [1.29, 1.82) is 0 Å². The molecule has 0 aromatic heterocycles. The van der Waals surface area contributed by atoms with Gasteiger partial charge in [-0.1, -0.05) is 0 Å². The molecule has 0 spiro atoms. The summed E-state index contributed by atoms with van der Waals surface area (Å²) in [5.41, 5.74) is 5.31. The van der Waals surface area contributed by atoms with E-state index < -0.39 is 5.03 Å². The van der Waals surface area contributed by atoms with E-state index in [1.807, 2.05) is 0 Å². The lowest BCUT2D eigenvalue weighted by Gasteiger charge is -2.12. The van der Waals surface area contributed by atoms with Crippen LogP contribution in [-0.2, 0) is 0 Å². The summed E-state index contributed by atoms with van der Waals surface area (Å²) in [6.07, 6.45) is 0. The fraction of sp³-hybridized carbons (Fsp3) is 0.800. The van der Waals surface area contributed by atoms with Crippen molar-refractivity contribution in [1.82, 2.24) is 10.2 Å². The van der Waals surface area contributed by atoms with Gasteiger partial charge in [0.05, 0.1) is 0 Å². The average molecular weight is 173 g/mol. The Morgan fingerprint density at radius 2 is 2.58 bits per heavy atom. The highest BCUT2D eigenvalue weighted by Crippen LogP contribution is 1.95. The Bertz CT molecular complexity index is 204. The first-order chi connectivity index (χ1) is 5.74. The number of hydrogen-bond acceptors (Lipinski definition) is 3.